The number of hydrogen-bond donors (Lipinski definition) is 0. The van der Waals surface area contributed by atoms with Gasteiger partial charge in [-0.15, -0.1) is 0 Å². The van der Waals surface area contributed by atoms with E-state index in [1.54, 1.807) is 12.1 Å². The maximum absolute atomic E-state index is 11.7. The third-order valence-corrected chi connectivity index (χ3v) is 1.97. The summed E-state index contributed by atoms with van der Waals surface area (Å²) < 4.78 is 4.74. The molecule has 0 aliphatic carbocycles. The van der Waals surface area contributed by atoms with Gasteiger partial charge in [-0.2, -0.15) is 0 Å². The van der Waals surface area contributed by atoms with Gasteiger partial charge in [0.2, 0.25) is 5.78 Å². The number of aliphatic imine (C=N–C) groups is 1. The topological polar surface area (TPSA) is 68.6 Å². The van der Waals surface area contributed by atoms with Crippen molar-refractivity contribution in [3.63, 3.8) is 0 Å². The van der Waals surface area contributed by atoms with Crippen molar-refractivity contribution in [2.75, 3.05) is 6.61 Å². The zero-order valence-corrected chi connectivity index (χ0v) is 8.34. The van der Waals surface area contributed by atoms with E-state index in [9.17, 15) is 9.59 Å². The number of ether oxygens (including phenoxy) is 1. The molecule has 5 heteroatoms. The van der Waals surface area contributed by atoms with Gasteiger partial charge in [0.1, 0.15) is 12.3 Å². The van der Waals surface area contributed by atoms with E-state index in [2.05, 4.69) is 16.6 Å². The summed E-state index contributed by atoms with van der Waals surface area (Å²) in [6.07, 6.45) is 2.90. The normalized spacial score (nSPS) is 13.0. The standard InChI is InChI=1S/C11H8N2O3/c1-2-6-16-11(15)9-10(14)8-7(13-9)4-3-5-12-8/h2-5H,1,6H2. The first-order valence-electron chi connectivity index (χ1n) is 4.60. The van der Waals surface area contributed by atoms with Crippen LogP contribution >= 0.6 is 0 Å². The molecule has 0 N–H and O–H groups in total. The minimum absolute atomic E-state index is 0.0505. The summed E-state index contributed by atoms with van der Waals surface area (Å²) in [7, 11) is 0. The van der Waals surface area contributed by atoms with Gasteiger partial charge in [-0.25, -0.2) is 9.79 Å². The molecule has 0 saturated carbocycles. The number of fused-ring (bicyclic) bond motifs is 1. The molecular weight excluding hydrogens is 208 g/mol. The van der Waals surface area contributed by atoms with Gasteiger partial charge in [0, 0.05) is 6.20 Å². The molecule has 2 heterocycles. The first-order chi connectivity index (χ1) is 7.74. The van der Waals surface area contributed by atoms with E-state index >= 15 is 0 Å². The highest BCUT2D eigenvalue weighted by atomic mass is 16.5. The molecule has 1 aliphatic rings. The SMILES string of the molecule is C=CCOC(=O)C1=Nc2cccnc2C1=O. The Kier molecular flexibility index (Phi) is 2.59. The number of carbonyl (C=O) groups is 2. The predicted molar refractivity (Wildman–Crippen MR) is 56.8 cm³/mol. The number of rotatable bonds is 3. The van der Waals surface area contributed by atoms with Crippen LogP contribution in [0, 0.1) is 0 Å². The van der Waals surface area contributed by atoms with Gasteiger partial charge >= 0.3 is 5.97 Å². The van der Waals surface area contributed by atoms with Crippen LogP contribution in [0.2, 0.25) is 0 Å². The lowest BCUT2D eigenvalue weighted by Crippen LogP contribution is -2.24. The molecule has 1 aromatic rings. The van der Waals surface area contributed by atoms with Gasteiger partial charge in [-0.05, 0) is 12.1 Å². The van der Waals surface area contributed by atoms with Gasteiger partial charge in [0.25, 0.3) is 0 Å². The average Bonchev–Trinajstić information content (AvgIpc) is 2.64. The molecule has 1 aromatic heterocycles. The average molecular weight is 216 g/mol. The Morgan fingerprint density at radius 1 is 1.56 bits per heavy atom. The number of nitrogens with zero attached hydrogens (tertiary/aromatic N) is 2. The van der Waals surface area contributed by atoms with Crippen LogP contribution in [0.25, 0.3) is 0 Å². The highest BCUT2D eigenvalue weighted by molar-refractivity contribution is 6.69. The molecule has 0 spiro atoms. The Hall–Kier alpha value is -2.30. The van der Waals surface area contributed by atoms with E-state index in [0.29, 0.717) is 5.69 Å². The van der Waals surface area contributed by atoms with Crippen LogP contribution in [-0.2, 0) is 9.53 Å². The molecule has 0 unspecified atom stereocenters. The van der Waals surface area contributed by atoms with Crippen molar-refractivity contribution in [2.24, 2.45) is 4.99 Å². The van der Waals surface area contributed by atoms with Gasteiger partial charge in [-0.1, -0.05) is 12.7 Å². The smallest absolute Gasteiger partial charge is 0.361 e. The van der Waals surface area contributed by atoms with E-state index in [4.69, 9.17) is 4.74 Å². The Labute approximate surface area is 91.5 Å². The molecule has 16 heavy (non-hydrogen) atoms. The van der Waals surface area contributed by atoms with Crippen molar-refractivity contribution in [1.29, 1.82) is 0 Å². The molecule has 80 valence electrons. The lowest BCUT2D eigenvalue weighted by atomic mass is 10.2. The molecule has 0 aromatic carbocycles. The third kappa shape index (κ3) is 1.63. The van der Waals surface area contributed by atoms with Crippen molar-refractivity contribution in [1.82, 2.24) is 4.98 Å². The zero-order valence-electron chi connectivity index (χ0n) is 8.34. The molecule has 0 saturated heterocycles. The second-order valence-electron chi connectivity index (χ2n) is 3.05. The van der Waals surface area contributed by atoms with E-state index in [1.807, 2.05) is 0 Å². The van der Waals surface area contributed by atoms with Gasteiger partial charge < -0.3 is 4.74 Å². The number of ketones is 1. The van der Waals surface area contributed by atoms with Crippen LogP contribution in [0.1, 0.15) is 10.5 Å². The third-order valence-electron chi connectivity index (χ3n) is 1.97. The molecule has 2 rings (SSSR count). The molecule has 0 fully saturated rings. The Balaban J connectivity index is 2.25. The second-order valence-corrected chi connectivity index (χ2v) is 3.05. The summed E-state index contributed by atoms with van der Waals surface area (Å²) in [5.74, 6) is -1.24. The number of carbonyl (C=O) groups excluding carboxylic acids is 2. The lowest BCUT2D eigenvalue weighted by molar-refractivity contribution is -0.134. The van der Waals surface area contributed by atoms with Crippen LogP contribution in [-0.4, -0.2) is 29.1 Å². The van der Waals surface area contributed by atoms with E-state index < -0.39 is 11.8 Å². The van der Waals surface area contributed by atoms with E-state index in [-0.39, 0.29) is 18.0 Å². The fraction of sp³-hybridized carbons (Fsp3) is 0.0909. The largest absolute Gasteiger partial charge is 0.457 e. The molecule has 0 bridgehead atoms. The fourth-order valence-corrected chi connectivity index (χ4v) is 1.29. The van der Waals surface area contributed by atoms with Gasteiger partial charge in [0.15, 0.2) is 5.71 Å². The Bertz CT molecular complexity index is 506. The Morgan fingerprint density at radius 2 is 2.38 bits per heavy atom. The van der Waals surface area contributed by atoms with Crippen molar-refractivity contribution in [2.45, 2.75) is 0 Å². The summed E-state index contributed by atoms with van der Waals surface area (Å²) in [6, 6.07) is 3.27. The maximum Gasteiger partial charge on any atom is 0.361 e. The minimum Gasteiger partial charge on any atom is -0.457 e. The van der Waals surface area contributed by atoms with Crippen LogP contribution < -0.4 is 0 Å². The first kappa shape index (κ1) is 10.2. The van der Waals surface area contributed by atoms with E-state index in [1.165, 1.54) is 12.3 Å². The highest BCUT2D eigenvalue weighted by Gasteiger charge is 2.31. The lowest BCUT2D eigenvalue weighted by Gasteiger charge is -1.98. The zero-order chi connectivity index (χ0) is 11.5. The molecule has 1 aliphatic heterocycles. The summed E-state index contributed by atoms with van der Waals surface area (Å²) in [5, 5.41) is 0. The van der Waals surface area contributed by atoms with Crippen LogP contribution in [0.4, 0.5) is 5.69 Å². The minimum atomic E-state index is -0.747. The first-order valence-corrected chi connectivity index (χ1v) is 4.60. The highest BCUT2D eigenvalue weighted by Crippen LogP contribution is 2.24. The number of Topliss-reactive ketones (excluding diaryl/α,β-unsaturated/α-hetero) is 1. The molecular formula is C11H8N2O3. The molecule has 0 amide bonds. The number of aromatic nitrogens is 1. The second kappa shape index (κ2) is 4.06. The number of hydrogen-bond acceptors (Lipinski definition) is 5. The monoisotopic (exact) mass is 216 g/mol. The summed E-state index contributed by atoms with van der Waals surface area (Å²) in [6.45, 7) is 3.45. The maximum atomic E-state index is 11.7. The van der Waals surface area contributed by atoms with Crippen molar-refractivity contribution < 1.29 is 14.3 Å². The summed E-state index contributed by atoms with van der Waals surface area (Å²) >= 11 is 0. The molecule has 0 atom stereocenters. The van der Waals surface area contributed by atoms with Crippen molar-refractivity contribution in [3.8, 4) is 0 Å². The van der Waals surface area contributed by atoms with Gasteiger partial charge in [0.05, 0.1) is 5.69 Å². The Morgan fingerprint density at radius 3 is 3.06 bits per heavy atom. The quantitative estimate of drug-likeness (QED) is 0.560. The predicted octanol–water partition coefficient (Wildman–Crippen LogP) is 1.08. The van der Waals surface area contributed by atoms with Crippen molar-refractivity contribution in [3.05, 3.63) is 36.7 Å². The van der Waals surface area contributed by atoms with Crippen LogP contribution in [0.15, 0.2) is 36.0 Å². The number of pyridine rings is 1. The summed E-state index contributed by atoms with van der Waals surface area (Å²) in [4.78, 5) is 30.9. The van der Waals surface area contributed by atoms with Crippen molar-refractivity contribution >= 4 is 23.2 Å². The molecule has 0 radical (unpaired) electrons. The van der Waals surface area contributed by atoms with Crippen LogP contribution in [0.3, 0.4) is 0 Å². The fourth-order valence-electron chi connectivity index (χ4n) is 1.29. The van der Waals surface area contributed by atoms with Gasteiger partial charge in [-0.3, -0.25) is 9.78 Å². The number of esters is 1. The van der Waals surface area contributed by atoms with E-state index in [0.717, 1.165) is 0 Å². The molecule has 5 nitrogen and oxygen atoms in total. The van der Waals surface area contributed by atoms with Crippen LogP contribution in [0.5, 0.6) is 0 Å². The summed E-state index contributed by atoms with van der Waals surface area (Å²) in [5.41, 5.74) is 0.363.